The first-order valence-corrected chi connectivity index (χ1v) is 9.08. The molecular formula is C20H17F3N4O4. The molecule has 0 spiro atoms. The standard InChI is InChI=1S/C20H17F3N4O4/c1-2-31-19(30)13-9-26-27(11-13)17-7-16(28)15(10-24-17)18(29)25-8-12-3-5-14(6-4-12)20(21,22)23/h3-7,9-11H,2,8H2,1H3,(H,24,28)(H,25,29). The van der Waals surface area contributed by atoms with Crippen LogP contribution >= 0.6 is 0 Å². The first kappa shape index (κ1) is 21.8. The maximum atomic E-state index is 12.6. The van der Waals surface area contributed by atoms with Gasteiger partial charge in [0.1, 0.15) is 11.4 Å². The largest absolute Gasteiger partial charge is 0.462 e. The lowest BCUT2D eigenvalue weighted by Gasteiger charge is -2.09. The zero-order chi connectivity index (χ0) is 22.6. The lowest BCUT2D eigenvalue weighted by molar-refractivity contribution is -0.137. The van der Waals surface area contributed by atoms with Crippen molar-refractivity contribution in [3.63, 3.8) is 0 Å². The van der Waals surface area contributed by atoms with Crippen LogP contribution in [0.25, 0.3) is 5.82 Å². The number of nitrogens with zero attached hydrogens (tertiary/aromatic N) is 2. The Bertz CT molecular complexity index is 1150. The van der Waals surface area contributed by atoms with Crippen LogP contribution in [0.1, 0.15) is 38.8 Å². The van der Waals surface area contributed by atoms with Crippen molar-refractivity contribution in [1.82, 2.24) is 20.1 Å². The van der Waals surface area contributed by atoms with Crippen LogP contribution in [-0.4, -0.2) is 33.2 Å². The molecule has 1 amide bonds. The van der Waals surface area contributed by atoms with E-state index in [1.165, 1.54) is 35.4 Å². The summed E-state index contributed by atoms with van der Waals surface area (Å²) in [4.78, 5) is 39.1. The minimum Gasteiger partial charge on any atom is -0.462 e. The maximum absolute atomic E-state index is 12.6. The molecule has 2 heterocycles. The van der Waals surface area contributed by atoms with Crippen molar-refractivity contribution in [3.05, 3.63) is 81.4 Å². The lowest BCUT2D eigenvalue weighted by Crippen LogP contribution is -2.28. The van der Waals surface area contributed by atoms with Crippen LogP contribution in [0.4, 0.5) is 13.2 Å². The molecule has 162 valence electrons. The summed E-state index contributed by atoms with van der Waals surface area (Å²) in [5, 5.41) is 6.45. The number of pyridine rings is 1. The summed E-state index contributed by atoms with van der Waals surface area (Å²) in [6, 6.07) is 5.45. The van der Waals surface area contributed by atoms with Gasteiger partial charge >= 0.3 is 12.1 Å². The number of carbonyl (C=O) groups excluding carboxylic acids is 2. The van der Waals surface area contributed by atoms with Crippen LogP contribution < -0.4 is 10.7 Å². The van der Waals surface area contributed by atoms with E-state index in [1.54, 1.807) is 6.92 Å². The third-order valence-electron chi connectivity index (χ3n) is 4.22. The van der Waals surface area contributed by atoms with E-state index in [0.29, 0.717) is 5.56 Å². The molecule has 8 nitrogen and oxygen atoms in total. The predicted molar refractivity (Wildman–Crippen MR) is 103 cm³/mol. The number of aromatic nitrogens is 3. The molecule has 0 aliphatic carbocycles. The highest BCUT2D eigenvalue weighted by Gasteiger charge is 2.29. The highest BCUT2D eigenvalue weighted by molar-refractivity contribution is 5.93. The van der Waals surface area contributed by atoms with Crippen LogP contribution in [0, 0.1) is 0 Å². The van der Waals surface area contributed by atoms with E-state index in [9.17, 15) is 27.6 Å². The molecule has 0 aliphatic heterocycles. The zero-order valence-corrected chi connectivity index (χ0v) is 16.2. The summed E-state index contributed by atoms with van der Waals surface area (Å²) in [6.45, 7) is 1.82. The fraction of sp³-hybridized carbons (Fsp3) is 0.200. The number of hydrogen-bond donors (Lipinski definition) is 2. The molecule has 11 heteroatoms. The molecule has 0 fully saturated rings. The summed E-state index contributed by atoms with van der Waals surface area (Å²) in [5.74, 6) is -1.03. The summed E-state index contributed by atoms with van der Waals surface area (Å²) in [6.07, 6.45) is -0.609. The molecule has 3 rings (SSSR count). The number of rotatable bonds is 6. The summed E-state index contributed by atoms with van der Waals surface area (Å²) in [7, 11) is 0. The van der Waals surface area contributed by atoms with Crippen molar-refractivity contribution < 1.29 is 27.5 Å². The van der Waals surface area contributed by atoms with Gasteiger partial charge in [0, 0.05) is 25.0 Å². The van der Waals surface area contributed by atoms with Gasteiger partial charge in [0.15, 0.2) is 5.43 Å². The monoisotopic (exact) mass is 434 g/mol. The minimum atomic E-state index is -4.44. The van der Waals surface area contributed by atoms with E-state index in [-0.39, 0.29) is 30.1 Å². The topological polar surface area (TPSA) is 106 Å². The van der Waals surface area contributed by atoms with Gasteiger partial charge in [-0.25, -0.2) is 9.48 Å². The highest BCUT2D eigenvalue weighted by Crippen LogP contribution is 2.29. The first-order chi connectivity index (χ1) is 14.7. The van der Waals surface area contributed by atoms with Crippen LogP contribution in [0.5, 0.6) is 0 Å². The summed E-state index contributed by atoms with van der Waals surface area (Å²) < 4.78 is 43.9. The van der Waals surface area contributed by atoms with E-state index in [4.69, 9.17) is 4.74 Å². The van der Waals surface area contributed by atoms with E-state index >= 15 is 0 Å². The quantitative estimate of drug-likeness (QED) is 0.581. The second kappa shape index (κ2) is 8.86. The normalized spacial score (nSPS) is 11.2. The SMILES string of the molecule is CCOC(=O)c1cnn(-c2cc(=O)c(C(=O)NCc3ccc(C(F)(F)F)cc3)c[nH]2)c1. The Hall–Kier alpha value is -3.89. The molecule has 2 N–H and O–H groups in total. The van der Waals surface area contributed by atoms with Crippen LogP contribution in [0.3, 0.4) is 0 Å². The van der Waals surface area contributed by atoms with Gasteiger partial charge in [-0.3, -0.25) is 9.59 Å². The van der Waals surface area contributed by atoms with E-state index in [1.807, 2.05) is 0 Å². The number of halogens is 3. The third kappa shape index (κ3) is 5.18. The number of nitrogens with one attached hydrogen (secondary N) is 2. The van der Waals surface area contributed by atoms with Gasteiger partial charge in [0.25, 0.3) is 5.91 Å². The van der Waals surface area contributed by atoms with Gasteiger partial charge in [-0.05, 0) is 24.6 Å². The average molecular weight is 434 g/mol. The van der Waals surface area contributed by atoms with Gasteiger partial charge in [0.2, 0.25) is 0 Å². The summed E-state index contributed by atoms with van der Waals surface area (Å²) >= 11 is 0. The van der Waals surface area contributed by atoms with Crippen LogP contribution in [0.2, 0.25) is 0 Å². The van der Waals surface area contributed by atoms with Gasteiger partial charge in [0.05, 0.1) is 23.9 Å². The van der Waals surface area contributed by atoms with Crippen molar-refractivity contribution in [2.75, 3.05) is 6.61 Å². The number of carbonyl (C=O) groups is 2. The van der Waals surface area contributed by atoms with Crippen molar-refractivity contribution >= 4 is 11.9 Å². The second-order valence-electron chi connectivity index (χ2n) is 6.37. The third-order valence-corrected chi connectivity index (χ3v) is 4.22. The van der Waals surface area contributed by atoms with Crippen LogP contribution in [0.15, 0.2) is 53.7 Å². The number of alkyl halides is 3. The Morgan fingerprint density at radius 3 is 2.55 bits per heavy atom. The van der Waals surface area contributed by atoms with Crippen LogP contribution in [-0.2, 0) is 17.5 Å². The Balaban J connectivity index is 1.68. The van der Waals surface area contributed by atoms with Gasteiger partial charge < -0.3 is 15.0 Å². The average Bonchev–Trinajstić information content (AvgIpc) is 3.22. The number of amides is 1. The molecule has 0 bridgehead atoms. The Morgan fingerprint density at radius 2 is 1.94 bits per heavy atom. The first-order valence-electron chi connectivity index (χ1n) is 9.08. The smallest absolute Gasteiger partial charge is 0.416 e. The maximum Gasteiger partial charge on any atom is 0.416 e. The van der Waals surface area contributed by atoms with Gasteiger partial charge in [-0.15, -0.1) is 0 Å². The molecule has 1 aromatic carbocycles. The molecule has 3 aromatic rings. The number of benzene rings is 1. The van der Waals surface area contributed by atoms with Gasteiger partial charge in [-0.2, -0.15) is 18.3 Å². The molecule has 0 atom stereocenters. The van der Waals surface area contributed by atoms with Crippen molar-refractivity contribution in [2.45, 2.75) is 19.6 Å². The van der Waals surface area contributed by atoms with E-state index in [2.05, 4.69) is 15.4 Å². The molecule has 0 radical (unpaired) electrons. The Morgan fingerprint density at radius 1 is 1.23 bits per heavy atom. The number of aromatic amines is 1. The van der Waals surface area contributed by atoms with E-state index in [0.717, 1.165) is 18.2 Å². The molecule has 0 unspecified atom stereocenters. The lowest BCUT2D eigenvalue weighted by atomic mass is 10.1. The number of ether oxygens (including phenoxy) is 1. The van der Waals surface area contributed by atoms with E-state index < -0.39 is 29.0 Å². The Kier molecular flexibility index (Phi) is 6.23. The predicted octanol–water partition coefficient (Wildman–Crippen LogP) is 2.69. The molecule has 0 saturated carbocycles. The number of hydrogen-bond acceptors (Lipinski definition) is 5. The second-order valence-corrected chi connectivity index (χ2v) is 6.37. The fourth-order valence-corrected chi connectivity index (χ4v) is 2.63. The highest BCUT2D eigenvalue weighted by atomic mass is 19.4. The number of H-pyrrole nitrogens is 1. The molecule has 2 aromatic heterocycles. The zero-order valence-electron chi connectivity index (χ0n) is 16.2. The molecule has 31 heavy (non-hydrogen) atoms. The summed E-state index contributed by atoms with van der Waals surface area (Å²) in [5.41, 5.74) is -0.946. The van der Waals surface area contributed by atoms with Crippen molar-refractivity contribution in [1.29, 1.82) is 0 Å². The van der Waals surface area contributed by atoms with Gasteiger partial charge in [-0.1, -0.05) is 12.1 Å². The molecule has 0 saturated heterocycles. The van der Waals surface area contributed by atoms with Crippen molar-refractivity contribution in [3.8, 4) is 5.82 Å². The number of esters is 1. The molecule has 0 aliphatic rings. The Labute approximate surface area is 173 Å². The molecular weight excluding hydrogens is 417 g/mol. The fourth-order valence-electron chi connectivity index (χ4n) is 2.63. The minimum absolute atomic E-state index is 0.0553. The van der Waals surface area contributed by atoms with Crippen molar-refractivity contribution in [2.24, 2.45) is 0 Å².